The number of carboxylic acid groups (broad SMARTS) is 1. The average Bonchev–Trinajstić information content (AvgIpc) is 2.85. The maximum absolute atomic E-state index is 12.0. The van der Waals surface area contributed by atoms with Crippen LogP contribution in [0.4, 0.5) is 0 Å². The maximum Gasteiger partial charge on any atom is 0.320 e. The van der Waals surface area contributed by atoms with Gasteiger partial charge in [0.15, 0.2) is 0 Å². The Bertz CT molecular complexity index is 492. The monoisotopic (exact) mass is 296 g/mol. The molecule has 110 valence electrons. The molecule has 0 saturated carbocycles. The molecule has 0 aliphatic carbocycles. The topological polar surface area (TPSA) is 69.6 Å². The first-order chi connectivity index (χ1) is 9.47. The van der Waals surface area contributed by atoms with Crippen LogP contribution >= 0.6 is 11.3 Å². The summed E-state index contributed by atoms with van der Waals surface area (Å²) in [5, 5.41) is 12.0. The summed E-state index contributed by atoms with van der Waals surface area (Å²) in [4.78, 5) is 26.8. The van der Waals surface area contributed by atoms with Gasteiger partial charge >= 0.3 is 5.97 Å². The fraction of sp³-hybridized carbons (Fsp3) is 0.571. The van der Waals surface area contributed by atoms with Crippen LogP contribution < -0.4 is 5.32 Å². The van der Waals surface area contributed by atoms with Crippen LogP contribution in [-0.4, -0.2) is 47.1 Å². The van der Waals surface area contributed by atoms with E-state index >= 15 is 0 Å². The van der Waals surface area contributed by atoms with E-state index < -0.39 is 12.0 Å². The summed E-state index contributed by atoms with van der Waals surface area (Å²) < 4.78 is 0. The molecular formula is C14H20N2O3S. The smallest absolute Gasteiger partial charge is 0.320 e. The Morgan fingerprint density at radius 1 is 1.40 bits per heavy atom. The second kappa shape index (κ2) is 6.37. The van der Waals surface area contributed by atoms with Crippen LogP contribution in [0.3, 0.4) is 0 Å². The Morgan fingerprint density at radius 2 is 2.05 bits per heavy atom. The molecule has 0 radical (unpaired) electrons. The lowest BCUT2D eigenvalue weighted by Crippen LogP contribution is -2.49. The minimum Gasteiger partial charge on any atom is -0.480 e. The van der Waals surface area contributed by atoms with E-state index in [0.29, 0.717) is 13.1 Å². The number of carbonyl (C=O) groups is 2. The zero-order valence-corrected chi connectivity index (χ0v) is 12.6. The summed E-state index contributed by atoms with van der Waals surface area (Å²) in [5.41, 5.74) is 0. The molecule has 1 fully saturated rings. The molecular weight excluding hydrogens is 276 g/mol. The number of thiophene rings is 1. The van der Waals surface area contributed by atoms with Gasteiger partial charge in [0, 0.05) is 24.0 Å². The third-order valence-electron chi connectivity index (χ3n) is 3.73. The lowest BCUT2D eigenvalue weighted by atomic mass is 10.0. The Labute approximate surface area is 122 Å². The first kappa shape index (κ1) is 15.0. The molecule has 1 aromatic heterocycles. The Hall–Kier alpha value is -1.40. The van der Waals surface area contributed by atoms with Crippen LogP contribution in [0, 0.1) is 6.92 Å². The van der Waals surface area contributed by atoms with Gasteiger partial charge in [-0.2, -0.15) is 0 Å². The van der Waals surface area contributed by atoms with Crippen LogP contribution in [0.1, 0.15) is 34.3 Å². The molecule has 1 aliphatic heterocycles. The van der Waals surface area contributed by atoms with E-state index in [1.54, 1.807) is 6.92 Å². The summed E-state index contributed by atoms with van der Waals surface area (Å²) in [6, 6.07) is 3.47. The zero-order chi connectivity index (χ0) is 14.7. The Balaban J connectivity index is 1.82. The van der Waals surface area contributed by atoms with Crippen molar-refractivity contribution in [1.82, 2.24) is 10.2 Å². The van der Waals surface area contributed by atoms with Gasteiger partial charge in [-0.1, -0.05) is 0 Å². The van der Waals surface area contributed by atoms with Crippen molar-refractivity contribution in [3.05, 3.63) is 21.9 Å². The predicted octanol–water partition coefficient (Wildman–Crippen LogP) is 1.72. The van der Waals surface area contributed by atoms with E-state index in [1.807, 2.05) is 24.0 Å². The molecule has 2 rings (SSSR count). The van der Waals surface area contributed by atoms with Gasteiger partial charge in [0.05, 0.1) is 4.88 Å². The summed E-state index contributed by atoms with van der Waals surface area (Å²) in [5.74, 6) is -0.811. The summed E-state index contributed by atoms with van der Waals surface area (Å²) in [6.45, 7) is 5.10. The van der Waals surface area contributed by atoms with E-state index in [0.717, 1.165) is 22.6 Å². The number of rotatable bonds is 4. The van der Waals surface area contributed by atoms with E-state index in [1.165, 1.54) is 11.3 Å². The van der Waals surface area contributed by atoms with Gasteiger partial charge in [0.2, 0.25) is 0 Å². The van der Waals surface area contributed by atoms with Crippen LogP contribution in [-0.2, 0) is 4.79 Å². The number of nitrogens with one attached hydrogen (secondary N) is 1. The van der Waals surface area contributed by atoms with Crippen molar-refractivity contribution in [2.45, 2.75) is 38.8 Å². The quantitative estimate of drug-likeness (QED) is 0.887. The molecule has 1 aliphatic rings. The molecule has 1 amide bonds. The van der Waals surface area contributed by atoms with E-state index in [2.05, 4.69) is 5.32 Å². The third-order valence-corrected chi connectivity index (χ3v) is 4.73. The molecule has 5 nitrogen and oxygen atoms in total. The minimum atomic E-state index is -0.790. The number of nitrogens with zero attached hydrogens (tertiary/aromatic N) is 1. The van der Waals surface area contributed by atoms with Crippen molar-refractivity contribution in [2.75, 3.05) is 13.1 Å². The van der Waals surface area contributed by atoms with Gasteiger partial charge in [-0.25, -0.2) is 0 Å². The average molecular weight is 296 g/mol. The molecule has 0 spiro atoms. The molecule has 0 aromatic carbocycles. The van der Waals surface area contributed by atoms with Crippen molar-refractivity contribution in [3.8, 4) is 0 Å². The van der Waals surface area contributed by atoms with Crippen LogP contribution in [0.25, 0.3) is 0 Å². The number of likely N-dealkylation sites (tertiary alicyclic amines) is 1. The van der Waals surface area contributed by atoms with Crippen molar-refractivity contribution >= 4 is 23.2 Å². The molecule has 1 atom stereocenters. The summed E-state index contributed by atoms with van der Waals surface area (Å²) in [7, 11) is 0. The van der Waals surface area contributed by atoms with Crippen molar-refractivity contribution in [3.63, 3.8) is 0 Å². The molecule has 1 saturated heterocycles. The molecule has 0 bridgehead atoms. The molecule has 2 heterocycles. The van der Waals surface area contributed by atoms with Gasteiger partial charge in [-0.15, -0.1) is 11.3 Å². The molecule has 2 N–H and O–H groups in total. The number of piperidine rings is 1. The predicted molar refractivity (Wildman–Crippen MR) is 78.2 cm³/mol. The van der Waals surface area contributed by atoms with Crippen LogP contribution in [0.5, 0.6) is 0 Å². The summed E-state index contributed by atoms with van der Waals surface area (Å²) in [6.07, 6.45) is 1.60. The Kier molecular flexibility index (Phi) is 4.77. The van der Waals surface area contributed by atoms with Gasteiger partial charge in [0.1, 0.15) is 6.04 Å². The number of amides is 1. The number of aliphatic carboxylic acids is 1. The van der Waals surface area contributed by atoms with Gasteiger partial charge in [-0.05, 0) is 38.8 Å². The number of hydrogen-bond acceptors (Lipinski definition) is 4. The molecule has 20 heavy (non-hydrogen) atoms. The van der Waals surface area contributed by atoms with Gasteiger partial charge < -0.3 is 10.4 Å². The fourth-order valence-corrected chi connectivity index (χ4v) is 3.17. The van der Waals surface area contributed by atoms with E-state index in [4.69, 9.17) is 5.11 Å². The lowest BCUT2D eigenvalue weighted by Gasteiger charge is -2.34. The number of hydrogen-bond donors (Lipinski definition) is 2. The highest BCUT2D eigenvalue weighted by atomic mass is 32.1. The lowest BCUT2D eigenvalue weighted by molar-refractivity contribution is -0.143. The minimum absolute atomic E-state index is 0.0205. The summed E-state index contributed by atoms with van der Waals surface area (Å²) >= 11 is 1.49. The zero-order valence-electron chi connectivity index (χ0n) is 11.8. The Morgan fingerprint density at radius 3 is 2.55 bits per heavy atom. The second-order valence-corrected chi connectivity index (χ2v) is 6.50. The maximum atomic E-state index is 12.0. The van der Waals surface area contributed by atoms with Crippen molar-refractivity contribution in [1.29, 1.82) is 0 Å². The molecule has 1 unspecified atom stereocenters. The highest BCUT2D eigenvalue weighted by Gasteiger charge is 2.27. The highest BCUT2D eigenvalue weighted by Crippen LogP contribution is 2.17. The first-order valence-electron chi connectivity index (χ1n) is 6.81. The number of carbonyl (C=O) groups excluding carboxylic acids is 1. The normalized spacial score (nSPS) is 18.7. The van der Waals surface area contributed by atoms with Crippen molar-refractivity contribution in [2.24, 2.45) is 0 Å². The van der Waals surface area contributed by atoms with E-state index in [9.17, 15) is 9.59 Å². The van der Waals surface area contributed by atoms with Crippen molar-refractivity contribution < 1.29 is 14.7 Å². The number of carboxylic acids is 1. The largest absolute Gasteiger partial charge is 0.480 e. The third kappa shape index (κ3) is 3.58. The van der Waals surface area contributed by atoms with Crippen LogP contribution in [0.15, 0.2) is 12.1 Å². The fourth-order valence-electron chi connectivity index (χ4n) is 2.40. The SMILES string of the molecule is Cc1ccc(C(=O)NC2CCN(C(C)C(=O)O)CC2)s1. The standard InChI is InChI=1S/C14H20N2O3S/c1-9-3-4-12(20-9)13(17)15-11-5-7-16(8-6-11)10(2)14(18)19/h3-4,10-11H,5-8H2,1-2H3,(H,15,17)(H,18,19). The first-order valence-corrected chi connectivity index (χ1v) is 7.63. The molecule has 6 heteroatoms. The molecule has 1 aromatic rings. The van der Waals surface area contributed by atoms with Gasteiger partial charge in [-0.3, -0.25) is 14.5 Å². The highest BCUT2D eigenvalue weighted by molar-refractivity contribution is 7.13. The number of aryl methyl sites for hydroxylation is 1. The second-order valence-electron chi connectivity index (χ2n) is 5.21. The van der Waals surface area contributed by atoms with Gasteiger partial charge in [0.25, 0.3) is 5.91 Å². The van der Waals surface area contributed by atoms with E-state index in [-0.39, 0.29) is 11.9 Å². The van der Waals surface area contributed by atoms with Crippen LogP contribution in [0.2, 0.25) is 0 Å².